The lowest BCUT2D eigenvalue weighted by molar-refractivity contribution is -0.175. The largest absolute Gasteiger partial charge is 0.411 e. The Morgan fingerprint density at radius 3 is 2.58 bits per heavy atom. The van der Waals surface area contributed by atoms with E-state index in [9.17, 15) is 17.6 Å². The molecule has 0 heterocycles. The van der Waals surface area contributed by atoms with Crippen molar-refractivity contribution in [2.45, 2.75) is 18.6 Å². The van der Waals surface area contributed by atoms with Crippen LogP contribution in [0, 0.1) is 5.82 Å². The number of nitrogens with one attached hydrogen (secondary N) is 1. The summed E-state index contributed by atoms with van der Waals surface area (Å²) in [6.07, 6.45) is -4.05. The van der Waals surface area contributed by atoms with E-state index >= 15 is 0 Å². The van der Waals surface area contributed by atoms with Crippen molar-refractivity contribution in [2.24, 2.45) is 5.84 Å². The minimum atomic E-state index is -4.37. The lowest BCUT2D eigenvalue weighted by atomic mass is 10.1. The molecule has 3 N–H and O–H groups in total. The second-order valence-electron chi connectivity index (χ2n) is 3.93. The van der Waals surface area contributed by atoms with Crippen molar-refractivity contribution in [3.8, 4) is 0 Å². The normalized spacial score (nSPS) is 13.6. The van der Waals surface area contributed by atoms with E-state index in [1.807, 2.05) is 0 Å². The van der Waals surface area contributed by atoms with Gasteiger partial charge in [0.25, 0.3) is 0 Å². The van der Waals surface area contributed by atoms with E-state index in [-0.39, 0.29) is 6.61 Å². The highest BCUT2D eigenvalue weighted by Crippen LogP contribution is 2.20. The van der Waals surface area contributed by atoms with Gasteiger partial charge >= 0.3 is 6.18 Å². The van der Waals surface area contributed by atoms with Crippen molar-refractivity contribution in [2.75, 3.05) is 13.2 Å². The van der Waals surface area contributed by atoms with Gasteiger partial charge in [-0.1, -0.05) is 22.0 Å². The Balaban J connectivity index is 2.52. The van der Waals surface area contributed by atoms with Gasteiger partial charge in [0.1, 0.15) is 12.4 Å². The molecule has 0 bridgehead atoms. The van der Waals surface area contributed by atoms with E-state index in [0.717, 1.165) is 5.56 Å². The van der Waals surface area contributed by atoms with Crippen molar-refractivity contribution in [1.82, 2.24) is 5.43 Å². The van der Waals surface area contributed by atoms with E-state index in [1.165, 1.54) is 18.2 Å². The maximum atomic E-state index is 12.9. The van der Waals surface area contributed by atoms with E-state index in [2.05, 4.69) is 26.1 Å². The minimum absolute atomic E-state index is 0.195. The Hall–Kier alpha value is -0.700. The molecular weight excluding hydrogens is 332 g/mol. The first-order chi connectivity index (χ1) is 8.81. The molecule has 1 rings (SSSR count). The van der Waals surface area contributed by atoms with Crippen LogP contribution in [0.3, 0.4) is 0 Å². The summed E-state index contributed by atoms with van der Waals surface area (Å²) >= 11 is 3.18. The zero-order valence-electron chi connectivity index (χ0n) is 9.81. The van der Waals surface area contributed by atoms with Crippen LogP contribution < -0.4 is 11.3 Å². The second kappa shape index (κ2) is 7.18. The fraction of sp³-hybridized carbons (Fsp3) is 0.455. The van der Waals surface area contributed by atoms with Crippen LogP contribution in [-0.2, 0) is 11.2 Å². The molecule has 0 saturated heterocycles. The Morgan fingerprint density at radius 2 is 2.05 bits per heavy atom. The average molecular weight is 345 g/mol. The van der Waals surface area contributed by atoms with Crippen LogP contribution in [0.4, 0.5) is 17.6 Å². The van der Waals surface area contributed by atoms with Crippen molar-refractivity contribution in [3.05, 3.63) is 34.1 Å². The average Bonchev–Trinajstić information content (AvgIpc) is 2.29. The van der Waals surface area contributed by atoms with Crippen LogP contribution in [0.25, 0.3) is 0 Å². The number of benzene rings is 1. The summed E-state index contributed by atoms with van der Waals surface area (Å²) in [5.74, 6) is 4.85. The fourth-order valence-electron chi connectivity index (χ4n) is 1.44. The number of alkyl halides is 3. The predicted octanol–water partition coefficient (Wildman–Crippen LogP) is 2.54. The lowest BCUT2D eigenvalue weighted by Crippen LogP contribution is -2.41. The minimum Gasteiger partial charge on any atom is -0.370 e. The molecule has 0 spiro atoms. The second-order valence-corrected chi connectivity index (χ2v) is 4.79. The monoisotopic (exact) mass is 344 g/mol. The Kier molecular flexibility index (Phi) is 6.18. The van der Waals surface area contributed by atoms with Crippen LogP contribution in [-0.4, -0.2) is 25.4 Å². The topological polar surface area (TPSA) is 47.3 Å². The van der Waals surface area contributed by atoms with Crippen molar-refractivity contribution in [3.63, 3.8) is 0 Å². The molecule has 0 amide bonds. The van der Waals surface area contributed by atoms with Gasteiger partial charge in [-0.15, -0.1) is 0 Å². The number of hydrogen-bond acceptors (Lipinski definition) is 3. The van der Waals surface area contributed by atoms with Gasteiger partial charge in [0.2, 0.25) is 0 Å². The van der Waals surface area contributed by atoms with Gasteiger partial charge in [-0.2, -0.15) is 13.2 Å². The summed E-state index contributed by atoms with van der Waals surface area (Å²) < 4.78 is 53.7. The van der Waals surface area contributed by atoms with E-state index in [1.54, 1.807) is 0 Å². The van der Waals surface area contributed by atoms with Crippen LogP contribution in [0.1, 0.15) is 5.56 Å². The molecule has 0 radical (unpaired) electrons. The lowest BCUT2D eigenvalue weighted by Gasteiger charge is -2.17. The molecule has 1 unspecified atom stereocenters. The first-order valence-electron chi connectivity index (χ1n) is 5.36. The standard InChI is InChI=1S/C11H13BrF4N2O/c12-10-4-8(13)2-1-7(10)3-9(18-17)5-19-6-11(14,15)16/h1-2,4,9,18H,3,5-6,17H2. The maximum Gasteiger partial charge on any atom is 0.411 e. The summed E-state index contributed by atoms with van der Waals surface area (Å²) in [5.41, 5.74) is 3.09. The van der Waals surface area contributed by atoms with Gasteiger partial charge in [-0.05, 0) is 24.1 Å². The summed E-state index contributed by atoms with van der Waals surface area (Å²) in [6, 6.07) is 3.58. The van der Waals surface area contributed by atoms with Gasteiger partial charge in [0.15, 0.2) is 0 Å². The molecule has 3 nitrogen and oxygen atoms in total. The van der Waals surface area contributed by atoms with Gasteiger partial charge < -0.3 is 4.74 Å². The highest BCUT2D eigenvalue weighted by Gasteiger charge is 2.27. The molecular formula is C11H13BrF4N2O. The summed E-state index contributed by atoms with van der Waals surface area (Å²) in [4.78, 5) is 0. The highest BCUT2D eigenvalue weighted by atomic mass is 79.9. The molecule has 0 saturated carbocycles. The van der Waals surface area contributed by atoms with Crippen LogP contribution >= 0.6 is 15.9 Å². The molecule has 0 aliphatic carbocycles. The number of ether oxygens (including phenoxy) is 1. The Labute approximate surface area is 116 Å². The van der Waals surface area contributed by atoms with Crippen LogP contribution in [0.15, 0.2) is 22.7 Å². The quantitative estimate of drug-likeness (QED) is 0.473. The smallest absolute Gasteiger partial charge is 0.370 e. The molecule has 0 fully saturated rings. The zero-order chi connectivity index (χ0) is 14.5. The number of halogens is 5. The summed E-state index contributed by atoms with van der Waals surface area (Å²) in [5, 5.41) is 0. The molecule has 0 aliphatic heterocycles. The predicted molar refractivity (Wildman–Crippen MR) is 65.8 cm³/mol. The number of rotatable bonds is 6. The van der Waals surface area contributed by atoms with Crippen molar-refractivity contribution in [1.29, 1.82) is 0 Å². The summed E-state index contributed by atoms with van der Waals surface area (Å²) in [6.45, 7) is -1.52. The molecule has 1 atom stereocenters. The molecule has 1 aromatic carbocycles. The molecule has 1 aromatic rings. The molecule has 0 aromatic heterocycles. The van der Waals surface area contributed by atoms with Gasteiger partial charge in [-0.3, -0.25) is 11.3 Å². The third-order valence-electron chi connectivity index (χ3n) is 2.30. The number of nitrogens with two attached hydrogens (primary N) is 1. The zero-order valence-corrected chi connectivity index (χ0v) is 11.4. The van der Waals surface area contributed by atoms with Crippen molar-refractivity contribution >= 4 is 15.9 Å². The first kappa shape index (κ1) is 16.4. The summed E-state index contributed by atoms with van der Waals surface area (Å²) in [7, 11) is 0. The van der Waals surface area contributed by atoms with Crippen LogP contribution in [0.2, 0.25) is 0 Å². The molecule has 19 heavy (non-hydrogen) atoms. The SMILES string of the molecule is NNC(COCC(F)(F)F)Cc1ccc(F)cc1Br. The van der Waals surface area contributed by atoms with Crippen molar-refractivity contribution < 1.29 is 22.3 Å². The maximum absolute atomic E-state index is 12.9. The Morgan fingerprint density at radius 1 is 1.37 bits per heavy atom. The third-order valence-corrected chi connectivity index (χ3v) is 3.04. The Bertz CT molecular complexity index is 414. The van der Waals surface area contributed by atoms with Gasteiger partial charge in [0.05, 0.1) is 6.61 Å². The highest BCUT2D eigenvalue weighted by molar-refractivity contribution is 9.10. The third kappa shape index (κ3) is 6.33. The van der Waals surface area contributed by atoms with Gasteiger partial charge in [0, 0.05) is 10.5 Å². The first-order valence-corrected chi connectivity index (χ1v) is 6.15. The van der Waals surface area contributed by atoms with E-state index in [0.29, 0.717) is 10.9 Å². The van der Waals surface area contributed by atoms with E-state index in [4.69, 9.17) is 5.84 Å². The number of hydrazine groups is 1. The molecule has 108 valence electrons. The number of hydrogen-bond donors (Lipinski definition) is 2. The molecule has 0 aliphatic rings. The fourth-order valence-corrected chi connectivity index (χ4v) is 1.95. The van der Waals surface area contributed by atoms with Gasteiger partial charge in [-0.25, -0.2) is 4.39 Å². The van der Waals surface area contributed by atoms with Crippen LogP contribution in [0.5, 0.6) is 0 Å². The molecule has 8 heteroatoms. The van der Waals surface area contributed by atoms with E-state index < -0.39 is 24.6 Å².